The molecule has 0 amide bonds. The Bertz CT molecular complexity index is 673. The van der Waals surface area contributed by atoms with Crippen LogP contribution in [0.5, 0.6) is 5.75 Å². The zero-order valence-electron chi connectivity index (χ0n) is 11.6. The molecule has 2 aromatic rings. The molecule has 2 rings (SSSR count). The number of pyridine rings is 1. The van der Waals surface area contributed by atoms with Crippen LogP contribution in [-0.2, 0) is 0 Å². The Morgan fingerprint density at radius 2 is 2.14 bits per heavy atom. The highest BCUT2D eigenvalue weighted by molar-refractivity contribution is 8.00. The number of para-hydroxylation sites is 1. The number of benzene rings is 1. The third-order valence-corrected chi connectivity index (χ3v) is 3.95. The van der Waals surface area contributed by atoms with Crippen LogP contribution in [-0.4, -0.2) is 12.1 Å². The van der Waals surface area contributed by atoms with Gasteiger partial charge in [0.05, 0.1) is 34.6 Å². The van der Waals surface area contributed by atoms with E-state index >= 15 is 0 Å². The number of aromatic nitrogens is 1. The first-order chi connectivity index (χ1) is 10.2. The molecule has 1 aromatic heterocycles. The Hall–Kier alpha value is -1.91. The van der Waals surface area contributed by atoms with E-state index in [9.17, 15) is 0 Å². The summed E-state index contributed by atoms with van der Waals surface area (Å²) in [6, 6.07) is 7.56. The molecule has 1 N–H and O–H groups in total. The molecule has 21 heavy (non-hydrogen) atoms. The van der Waals surface area contributed by atoms with E-state index in [4.69, 9.17) is 16.3 Å². The van der Waals surface area contributed by atoms with Crippen molar-refractivity contribution in [1.82, 2.24) is 4.98 Å². The molecule has 1 heterocycles. The van der Waals surface area contributed by atoms with Gasteiger partial charge in [0, 0.05) is 5.56 Å². The monoisotopic (exact) mass is 318 g/mol. The number of rotatable bonds is 6. The maximum absolute atomic E-state index is 6.10. The van der Waals surface area contributed by atoms with Gasteiger partial charge in [0.25, 0.3) is 0 Å². The van der Waals surface area contributed by atoms with Gasteiger partial charge in [-0.3, -0.25) is 4.98 Å². The molecule has 0 fully saturated rings. The summed E-state index contributed by atoms with van der Waals surface area (Å²) in [4.78, 5) is 5.22. The Labute approximate surface area is 133 Å². The molecular weight excluding hydrogens is 304 g/mol. The summed E-state index contributed by atoms with van der Waals surface area (Å²) in [5.41, 5.74) is 2.59. The Morgan fingerprint density at radius 1 is 1.33 bits per heavy atom. The molecule has 1 aromatic carbocycles. The maximum atomic E-state index is 6.10. The van der Waals surface area contributed by atoms with E-state index in [0.29, 0.717) is 10.8 Å². The fraction of sp³-hybridized carbons (Fsp3) is 0.0625. The smallest absolute Gasteiger partial charge is 0.152 e. The van der Waals surface area contributed by atoms with Crippen molar-refractivity contribution < 1.29 is 4.74 Å². The number of hydrogen-bond acceptors (Lipinski definition) is 4. The molecule has 0 aliphatic rings. The van der Waals surface area contributed by atoms with Crippen LogP contribution in [0.15, 0.2) is 48.5 Å². The van der Waals surface area contributed by atoms with Crippen molar-refractivity contribution in [2.75, 3.05) is 11.8 Å². The summed E-state index contributed by atoms with van der Waals surface area (Å²) in [5.74, 6) is 0.649. The Balaban J connectivity index is 2.19. The van der Waals surface area contributed by atoms with E-state index in [0.717, 1.165) is 21.8 Å². The standard InChI is InChI=1S/C16H15ClN2OS/c1-4-11-9-12(10-18-14(11)5-2)19-21-15-8-6-7-13(17)16(15)20-3/h4-10,19H,1-2H2,3H3. The lowest BCUT2D eigenvalue weighted by molar-refractivity contribution is 0.405. The summed E-state index contributed by atoms with van der Waals surface area (Å²) in [5, 5.41) is 0.580. The number of hydrogen-bond donors (Lipinski definition) is 1. The van der Waals surface area contributed by atoms with Gasteiger partial charge in [-0.1, -0.05) is 36.9 Å². The van der Waals surface area contributed by atoms with Crippen molar-refractivity contribution in [1.29, 1.82) is 0 Å². The SMILES string of the molecule is C=Cc1cc(NSc2cccc(Cl)c2OC)cnc1C=C. The van der Waals surface area contributed by atoms with Crippen molar-refractivity contribution >= 4 is 41.4 Å². The molecule has 0 radical (unpaired) electrons. The predicted octanol–water partition coefficient (Wildman–Crippen LogP) is 5.15. The van der Waals surface area contributed by atoms with E-state index in [1.807, 2.05) is 18.2 Å². The fourth-order valence-corrected chi connectivity index (χ4v) is 2.84. The lowest BCUT2D eigenvalue weighted by Crippen LogP contribution is -1.94. The number of nitrogens with one attached hydrogen (secondary N) is 1. The topological polar surface area (TPSA) is 34.1 Å². The van der Waals surface area contributed by atoms with Crippen LogP contribution in [0.3, 0.4) is 0 Å². The van der Waals surface area contributed by atoms with Gasteiger partial charge in [-0.2, -0.15) is 0 Å². The number of nitrogens with zero attached hydrogens (tertiary/aromatic N) is 1. The van der Waals surface area contributed by atoms with Crippen molar-refractivity contribution in [3.05, 3.63) is 59.9 Å². The van der Waals surface area contributed by atoms with Gasteiger partial charge in [0.1, 0.15) is 0 Å². The molecule has 0 spiro atoms. The normalized spacial score (nSPS) is 10.0. The van der Waals surface area contributed by atoms with E-state index in [1.54, 1.807) is 31.5 Å². The third-order valence-electron chi connectivity index (χ3n) is 2.78. The van der Waals surface area contributed by atoms with Crippen LogP contribution in [0.25, 0.3) is 12.2 Å². The molecule has 0 saturated heterocycles. The lowest BCUT2D eigenvalue weighted by Gasteiger charge is -2.11. The predicted molar refractivity (Wildman–Crippen MR) is 91.9 cm³/mol. The van der Waals surface area contributed by atoms with Gasteiger partial charge in [-0.15, -0.1) is 0 Å². The van der Waals surface area contributed by atoms with Crippen LogP contribution in [0, 0.1) is 0 Å². The molecule has 3 nitrogen and oxygen atoms in total. The summed E-state index contributed by atoms with van der Waals surface area (Å²) < 4.78 is 8.53. The zero-order valence-corrected chi connectivity index (χ0v) is 13.2. The molecule has 0 saturated carbocycles. The molecule has 108 valence electrons. The van der Waals surface area contributed by atoms with Crippen LogP contribution < -0.4 is 9.46 Å². The molecule has 5 heteroatoms. The highest BCUT2D eigenvalue weighted by Crippen LogP contribution is 2.35. The Morgan fingerprint density at radius 3 is 2.81 bits per heavy atom. The third kappa shape index (κ3) is 3.60. The highest BCUT2D eigenvalue weighted by atomic mass is 35.5. The van der Waals surface area contributed by atoms with Gasteiger partial charge in [-0.05, 0) is 36.2 Å². The minimum absolute atomic E-state index is 0.580. The molecule has 0 aliphatic heterocycles. The van der Waals surface area contributed by atoms with E-state index < -0.39 is 0 Å². The first-order valence-corrected chi connectivity index (χ1v) is 7.39. The summed E-state index contributed by atoms with van der Waals surface area (Å²) in [6.45, 7) is 7.51. The second-order valence-electron chi connectivity index (χ2n) is 4.08. The summed E-state index contributed by atoms with van der Waals surface area (Å²) in [6.07, 6.45) is 5.20. The highest BCUT2D eigenvalue weighted by Gasteiger charge is 2.08. The number of ether oxygens (including phenoxy) is 1. The first kappa shape index (κ1) is 15.5. The van der Waals surface area contributed by atoms with E-state index in [2.05, 4.69) is 22.9 Å². The number of halogens is 1. The van der Waals surface area contributed by atoms with E-state index in [1.165, 1.54) is 11.9 Å². The minimum Gasteiger partial charge on any atom is -0.494 e. The largest absolute Gasteiger partial charge is 0.494 e. The van der Waals surface area contributed by atoms with Gasteiger partial charge >= 0.3 is 0 Å². The van der Waals surface area contributed by atoms with Crippen LogP contribution >= 0.6 is 23.5 Å². The summed E-state index contributed by atoms with van der Waals surface area (Å²) >= 11 is 7.51. The quantitative estimate of drug-likeness (QED) is 0.747. The van der Waals surface area contributed by atoms with Crippen LogP contribution in [0.1, 0.15) is 11.3 Å². The second-order valence-corrected chi connectivity index (χ2v) is 5.34. The van der Waals surface area contributed by atoms with Crippen LogP contribution in [0.4, 0.5) is 5.69 Å². The minimum atomic E-state index is 0.580. The maximum Gasteiger partial charge on any atom is 0.152 e. The average molecular weight is 319 g/mol. The number of methoxy groups -OCH3 is 1. The fourth-order valence-electron chi connectivity index (χ4n) is 1.76. The zero-order chi connectivity index (χ0) is 15.2. The van der Waals surface area contributed by atoms with Gasteiger partial charge in [0.2, 0.25) is 0 Å². The van der Waals surface area contributed by atoms with Gasteiger partial charge < -0.3 is 9.46 Å². The molecule has 0 aliphatic carbocycles. The number of anilines is 1. The van der Waals surface area contributed by atoms with Crippen molar-refractivity contribution in [2.24, 2.45) is 0 Å². The van der Waals surface area contributed by atoms with Gasteiger partial charge in [0.15, 0.2) is 5.75 Å². The van der Waals surface area contributed by atoms with Crippen molar-refractivity contribution in [3.8, 4) is 5.75 Å². The molecule has 0 unspecified atom stereocenters. The molecule has 0 atom stereocenters. The van der Waals surface area contributed by atoms with E-state index in [-0.39, 0.29) is 0 Å². The lowest BCUT2D eigenvalue weighted by atomic mass is 10.2. The first-order valence-electron chi connectivity index (χ1n) is 6.20. The van der Waals surface area contributed by atoms with Crippen molar-refractivity contribution in [3.63, 3.8) is 0 Å². The van der Waals surface area contributed by atoms with Gasteiger partial charge in [-0.25, -0.2) is 0 Å². The molecular formula is C16H15ClN2OS. The summed E-state index contributed by atoms with van der Waals surface area (Å²) in [7, 11) is 1.60. The molecule has 0 bridgehead atoms. The average Bonchev–Trinajstić information content (AvgIpc) is 2.52. The Kier molecular flexibility index (Phi) is 5.31. The second kappa shape index (κ2) is 7.20. The van der Waals surface area contributed by atoms with Crippen LogP contribution in [0.2, 0.25) is 5.02 Å². The van der Waals surface area contributed by atoms with Crippen molar-refractivity contribution in [2.45, 2.75) is 4.90 Å².